The summed E-state index contributed by atoms with van der Waals surface area (Å²) < 4.78 is 12.9. The van der Waals surface area contributed by atoms with Gasteiger partial charge < -0.3 is 0 Å². The topological polar surface area (TPSA) is 42.9 Å². The van der Waals surface area contributed by atoms with Crippen LogP contribution in [0.1, 0.15) is 62.0 Å². The monoisotopic (exact) mass is 316 g/mol. The molecule has 118 valence electrons. The Bertz CT molecular complexity index is 681. The molecule has 0 saturated carbocycles. The van der Waals surface area contributed by atoms with Crippen molar-refractivity contribution in [2.45, 2.75) is 57.2 Å². The lowest BCUT2D eigenvalue weighted by atomic mass is 10.1. The third-order valence-electron chi connectivity index (χ3n) is 3.69. The van der Waals surface area contributed by atoms with Crippen LogP contribution in [0.25, 0.3) is 0 Å². The Morgan fingerprint density at radius 2 is 1.77 bits per heavy atom. The van der Waals surface area contributed by atoms with Crippen LogP contribution in [0.3, 0.4) is 0 Å². The van der Waals surface area contributed by atoms with E-state index in [0.717, 1.165) is 22.5 Å². The van der Waals surface area contributed by atoms with E-state index in [2.05, 4.69) is 37.7 Å². The molecule has 0 fully saturated rings. The number of nitrogens with zero attached hydrogens (tertiary/aromatic N) is 2. The Morgan fingerprint density at radius 3 is 2.36 bits per heavy atom. The van der Waals surface area contributed by atoms with Crippen molar-refractivity contribution in [3.05, 3.63) is 53.0 Å². The smallest absolute Gasteiger partial charge is 0.149 e. The normalized spacial score (nSPS) is 12.9. The first-order valence-corrected chi connectivity index (χ1v) is 9.01. The molecule has 0 radical (unpaired) electrons. The highest BCUT2D eigenvalue weighted by Crippen LogP contribution is 2.23. The Balaban J connectivity index is 2.39. The van der Waals surface area contributed by atoms with Gasteiger partial charge in [0.2, 0.25) is 0 Å². The zero-order chi connectivity index (χ0) is 16.3. The van der Waals surface area contributed by atoms with Crippen LogP contribution in [0.4, 0.5) is 0 Å². The van der Waals surface area contributed by atoms with Gasteiger partial charge in [-0.3, -0.25) is 9.19 Å². The number of benzene rings is 1. The lowest BCUT2D eigenvalue weighted by Crippen LogP contribution is -2.10. The molecule has 22 heavy (non-hydrogen) atoms. The van der Waals surface area contributed by atoms with Crippen molar-refractivity contribution < 1.29 is 4.21 Å². The standard InChI is InChI=1S/C18H24N2OS/c1-12(2)16-10-19-17(13(3)4)18(20-16)22(21)11-15-9-7-6-8-14(15)5/h6-10,12-13H,11H2,1-5H3. The maximum atomic E-state index is 12.9. The van der Waals surface area contributed by atoms with Gasteiger partial charge in [-0.25, -0.2) is 4.98 Å². The molecule has 0 spiro atoms. The number of rotatable bonds is 5. The molecule has 3 nitrogen and oxygen atoms in total. The summed E-state index contributed by atoms with van der Waals surface area (Å²) in [4.78, 5) is 9.19. The molecule has 0 amide bonds. The second kappa shape index (κ2) is 7.14. The molecule has 1 heterocycles. The van der Waals surface area contributed by atoms with Crippen LogP contribution in [-0.4, -0.2) is 14.2 Å². The molecule has 0 aliphatic rings. The zero-order valence-electron chi connectivity index (χ0n) is 14.0. The highest BCUT2D eigenvalue weighted by atomic mass is 32.2. The Kier molecular flexibility index (Phi) is 5.46. The van der Waals surface area contributed by atoms with Gasteiger partial charge in [0.15, 0.2) is 0 Å². The molecule has 0 N–H and O–H groups in total. The quantitative estimate of drug-likeness (QED) is 0.824. The first kappa shape index (κ1) is 16.8. The molecule has 4 heteroatoms. The molecule has 1 aromatic carbocycles. The van der Waals surface area contributed by atoms with Gasteiger partial charge in [0.05, 0.1) is 27.9 Å². The third-order valence-corrected chi connectivity index (χ3v) is 4.99. The van der Waals surface area contributed by atoms with Crippen LogP contribution in [0.2, 0.25) is 0 Å². The maximum absolute atomic E-state index is 12.9. The van der Waals surface area contributed by atoms with Gasteiger partial charge in [-0.2, -0.15) is 0 Å². The van der Waals surface area contributed by atoms with Gasteiger partial charge in [-0.1, -0.05) is 52.0 Å². The highest BCUT2D eigenvalue weighted by Gasteiger charge is 2.18. The second-order valence-electron chi connectivity index (χ2n) is 6.21. The van der Waals surface area contributed by atoms with E-state index in [9.17, 15) is 4.21 Å². The van der Waals surface area contributed by atoms with Crippen LogP contribution in [0.15, 0.2) is 35.5 Å². The summed E-state index contributed by atoms with van der Waals surface area (Å²) in [6, 6.07) is 8.06. The van der Waals surface area contributed by atoms with Crippen LogP contribution >= 0.6 is 0 Å². The molecular formula is C18H24N2OS. The maximum Gasteiger partial charge on any atom is 0.149 e. The lowest BCUT2D eigenvalue weighted by molar-refractivity contribution is 0.665. The van der Waals surface area contributed by atoms with Crippen molar-refractivity contribution in [1.29, 1.82) is 0 Å². The predicted molar refractivity (Wildman–Crippen MR) is 91.5 cm³/mol. The minimum absolute atomic E-state index is 0.213. The van der Waals surface area contributed by atoms with Crippen LogP contribution in [0.5, 0.6) is 0 Å². The van der Waals surface area contributed by atoms with E-state index < -0.39 is 10.8 Å². The molecule has 1 unspecified atom stereocenters. The molecular weight excluding hydrogens is 292 g/mol. The SMILES string of the molecule is Cc1ccccc1CS(=O)c1nc(C(C)C)cnc1C(C)C. The summed E-state index contributed by atoms with van der Waals surface area (Å²) in [7, 11) is -1.18. The van der Waals surface area contributed by atoms with Crippen LogP contribution in [-0.2, 0) is 16.6 Å². The number of hydrogen-bond donors (Lipinski definition) is 0. The average Bonchev–Trinajstić information content (AvgIpc) is 2.48. The summed E-state index contributed by atoms with van der Waals surface area (Å²) >= 11 is 0. The fraction of sp³-hybridized carbons (Fsp3) is 0.444. The summed E-state index contributed by atoms with van der Waals surface area (Å²) in [6.45, 7) is 10.3. The van der Waals surface area contributed by atoms with Crippen molar-refractivity contribution >= 4 is 10.8 Å². The minimum Gasteiger partial charge on any atom is -0.256 e. The highest BCUT2D eigenvalue weighted by molar-refractivity contribution is 7.84. The summed E-state index contributed by atoms with van der Waals surface area (Å²) in [5, 5.41) is 0.643. The van der Waals surface area contributed by atoms with Crippen LogP contribution in [0, 0.1) is 6.92 Å². The second-order valence-corrected chi connectivity index (χ2v) is 7.58. The molecule has 0 aliphatic heterocycles. The van der Waals surface area contributed by atoms with E-state index in [-0.39, 0.29) is 11.8 Å². The van der Waals surface area contributed by atoms with E-state index >= 15 is 0 Å². The van der Waals surface area contributed by atoms with Gasteiger partial charge in [-0.15, -0.1) is 0 Å². The van der Waals surface area contributed by atoms with Crippen LogP contribution < -0.4 is 0 Å². The zero-order valence-corrected chi connectivity index (χ0v) is 14.8. The van der Waals surface area contributed by atoms with Crippen molar-refractivity contribution in [3.8, 4) is 0 Å². The Labute approximate surface area is 135 Å². The molecule has 0 bridgehead atoms. The number of aryl methyl sites for hydroxylation is 1. The molecule has 2 aromatic rings. The Morgan fingerprint density at radius 1 is 1.09 bits per heavy atom. The van der Waals surface area contributed by atoms with E-state index in [1.807, 2.05) is 37.4 Å². The van der Waals surface area contributed by atoms with Gasteiger partial charge in [0.1, 0.15) is 5.03 Å². The summed E-state index contributed by atoms with van der Waals surface area (Å²) in [6.07, 6.45) is 1.81. The van der Waals surface area contributed by atoms with Gasteiger partial charge in [-0.05, 0) is 29.9 Å². The molecule has 1 atom stereocenters. The largest absolute Gasteiger partial charge is 0.256 e. The summed E-state index contributed by atoms with van der Waals surface area (Å²) in [5.41, 5.74) is 4.01. The van der Waals surface area contributed by atoms with Gasteiger partial charge in [0.25, 0.3) is 0 Å². The third kappa shape index (κ3) is 3.80. The summed E-state index contributed by atoms with van der Waals surface area (Å²) in [5.74, 6) is 0.982. The van der Waals surface area contributed by atoms with Gasteiger partial charge >= 0.3 is 0 Å². The number of aromatic nitrogens is 2. The lowest BCUT2D eigenvalue weighted by Gasteiger charge is -2.14. The van der Waals surface area contributed by atoms with Crippen molar-refractivity contribution in [3.63, 3.8) is 0 Å². The fourth-order valence-electron chi connectivity index (χ4n) is 2.22. The first-order chi connectivity index (χ1) is 10.4. The van der Waals surface area contributed by atoms with E-state index in [4.69, 9.17) is 0 Å². The van der Waals surface area contributed by atoms with E-state index in [1.54, 1.807) is 0 Å². The minimum atomic E-state index is -1.18. The molecule has 1 aromatic heterocycles. The molecule has 0 saturated heterocycles. The first-order valence-electron chi connectivity index (χ1n) is 7.69. The van der Waals surface area contributed by atoms with E-state index in [1.165, 1.54) is 0 Å². The van der Waals surface area contributed by atoms with Gasteiger partial charge in [0, 0.05) is 6.20 Å². The predicted octanol–water partition coefficient (Wildman–Crippen LogP) is 4.34. The van der Waals surface area contributed by atoms with Crippen molar-refractivity contribution in [1.82, 2.24) is 9.97 Å². The number of hydrogen-bond acceptors (Lipinski definition) is 3. The molecule has 0 aliphatic carbocycles. The van der Waals surface area contributed by atoms with E-state index in [0.29, 0.717) is 10.8 Å². The van der Waals surface area contributed by atoms with Crippen molar-refractivity contribution in [2.75, 3.05) is 0 Å². The Hall–Kier alpha value is -1.55. The molecule has 2 rings (SSSR count). The fourth-order valence-corrected chi connectivity index (χ4v) is 3.69. The van der Waals surface area contributed by atoms with Crippen molar-refractivity contribution in [2.24, 2.45) is 0 Å². The average molecular weight is 316 g/mol.